The molecule has 0 amide bonds. The minimum absolute atomic E-state index is 0.444. The minimum Gasteiger partial charge on any atom is -0.362 e. The van der Waals surface area contributed by atoms with Gasteiger partial charge in [0.2, 0.25) is 0 Å². The molecule has 0 aliphatic carbocycles. The number of aryl methyl sites for hydroxylation is 1. The van der Waals surface area contributed by atoms with Gasteiger partial charge in [-0.15, -0.1) is 5.10 Å². The number of hydrogen-bond donors (Lipinski definition) is 0. The van der Waals surface area contributed by atoms with Crippen molar-refractivity contribution in [3.8, 4) is 0 Å². The Balaban J connectivity index is 2.58. The van der Waals surface area contributed by atoms with Crippen LogP contribution >= 0.6 is 0 Å². The molecule has 68 valence electrons. The molecule has 13 heavy (non-hydrogen) atoms. The second-order valence-electron chi connectivity index (χ2n) is 3.00. The Morgan fingerprint density at radius 1 is 1.46 bits per heavy atom. The zero-order chi connectivity index (χ0) is 9.26. The van der Waals surface area contributed by atoms with E-state index in [2.05, 4.69) is 10.3 Å². The van der Waals surface area contributed by atoms with E-state index in [0.717, 1.165) is 11.0 Å². The number of nitrogens with zero attached hydrogens (tertiary/aromatic N) is 3. The summed E-state index contributed by atoms with van der Waals surface area (Å²) in [5.41, 5.74) is 3.12. The van der Waals surface area contributed by atoms with Gasteiger partial charge in [-0.2, -0.15) is 0 Å². The number of aromatic nitrogens is 3. The molecule has 0 atom stereocenters. The number of benzene rings is 1. The summed E-state index contributed by atoms with van der Waals surface area (Å²) in [7, 11) is 1.64. The summed E-state index contributed by atoms with van der Waals surface area (Å²) in [5, 5.41) is 7.98. The summed E-state index contributed by atoms with van der Waals surface area (Å²) in [6, 6.07) is 6.03. The van der Waals surface area contributed by atoms with E-state index < -0.39 is 0 Å². The summed E-state index contributed by atoms with van der Waals surface area (Å²) in [6.07, 6.45) is 0. The van der Waals surface area contributed by atoms with Gasteiger partial charge in [0.15, 0.2) is 0 Å². The van der Waals surface area contributed by atoms with E-state index in [0.29, 0.717) is 6.73 Å². The van der Waals surface area contributed by atoms with E-state index in [4.69, 9.17) is 4.74 Å². The van der Waals surface area contributed by atoms with Crippen molar-refractivity contribution < 1.29 is 4.74 Å². The molecule has 0 aliphatic heterocycles. The fourth-order valence-electron chi connectivity index (χ4n) is 1.29. The summed E-state index contributed by atoms with van der Waals surface area (Å²) in [6.45, 7) is 2.49. The van der Waals surface area contributed by atoms with E-state index in [-0.39, 0.29) is 0 Å². The summed E-state index contributed by atoms with van der Waals surface area (Å²) in [4.78, 5) is 0. The van der Waals surface area contributed by atoms with Crippen molar-refractivity contribution in [2.24, 2.45) is 0 Å². The molecule has 0 saturated carbocycles. The third kappa shape index (κ3) is 1.40. The molecule has 0 aliphatic rings. The highest BCUT2D eigenvalue weighted by Crippen LogP contribution is 2.12. The van der Waals surface area contributed by atoms with E-state index in [1.54, 1.807) is 11.8 Å². The molecule has 0 N–H and O–H groups in total. The standard InChI is InChI=1S/C9H11N3O/c1-7-3-4-8-9(5-7)12(6-13-2)11-10-8/h3-5H,6H2,1-2H3. The Morgan fingerprint density at radius 2 is 2.31 bits per heavy atom. The smallest absolute Gasteiger partial charge is 0.141 e. The van der Waals surface area contributed by atoms with Gasteiger partial charge in [-0.05, 0) is 24.6 Å². The number of rotatable bonds is 2. The predicted octanol–water partition coefficient (Wildman–Crippen LogP) is 1.34. The number of hydrogen-bond acceptors (Lipinski definition) is 3. The predicted molar refractivity (Wildman–Crippen MR) is 49.3 cm³/mol. The zero-order valence-corrected chi connectivity index (χ0v) is 7.69. The molecule has 1 heterocycles. The summed E-state index contributed by atoms with van der Waals surface area (Å²) >= 11 is 0. The van der Waals surface area contributed by atoms with Crippen LogP contribution in [0.5, 0.6) is 0 Å². The maximum atomic E-state index is 4.99. The molecule has 0 fully saturated rings. The Hall–Kier alpha value is -1.42. The molecule has 0 saturated heterocycles. The lowest BCUT2D eigenvalue weighted by atomic mass is 10.2. The topological polar surface area (TPSA) is 39.9 Å². The van der Waals surface area contributed by atoms with Crippen LogP contribution in [0.4, 0.5) is 0 Å². The van der Waals surface area contributed by atoms with Crippen LogP contribution in [0, 0.1) is 6.92 Å². The SMILES string of the molecule is COCn1nnc2ccc(C)cc21. The minimum atomic E-state index is 0.444. The number of methoxy groups -OCH3 is 1. The monoisotopic (exact) mass is 177 g/mol. The van der Waals surface area contributed by atoms with Gasteiger partial charge in [0.25, 0.3) is 0 Å². The maximum Gasteiger partial charge on any atom is 0.141 e. The highest BCUT2D eigenvalue weighted by Gasteiger charge is 2.02. The highest BCUT2D eigenvalue weighted by molar-refractivity contribution is 5.74. The molecule has 1 aromatic carbocycles. The van der Waals surface area contributed by atoms with Gasteiger partial charge in [-0.1, -0.05) is 11.3 Å². The van der Waals surface area contributed by atoms with Crippen LogP contribution in [0.2, 0.25) is 0 Å². The van der Waals surface area contributed by atoms with Crippen LogP contribution in [-0.4, -0.2) is 22.1 Å². The summed E-state index contributed by atoms with van der Waals surface area (Å²) < 4.78 is 6.73. The first-order chi connectivity index (χ1) is 6.31. The number of fused-ring (bicyclic) bond motifs is 1. The Labute approximate surface area is 76.1 Å². The molecule has 4 nitrogen and oxygen atoms in total. The fourth-order valence-corrected chi connectivity index (χ4v) is 1.29. The van der Waals surface area contributed by atoms with Crippen LogP contribution in [-0.2, 0) is 11.5 Å². The van der Waals surface area contributed by atoms with Crippen molar-refractivity contribution in [1.82, 2.24) is 15.0 Å². The quantitative estimate of drug-likeness (QED) is 0.695. The molecular weight excluding hydrogens is 166 g/mol. The second kappa shape index (κ2) is 3.14. The van der Waals surface area contributed by atoms with Gasteiger partial charge in [0.1, 0.15) is 12.2 Å². The Bertz CT molecular complexity index is 422. The van der Waals surface area contributed by atoms with Gasteiger partial charge < -0.3 is 4.74 Å². The normalized spacial score (nSPS) is 10.9. The highest BCUT2D eigenvalue weighted by atomic mass is 16.5. The van der Waals surface area contributed by atoms with E-state index in [9.17, 15) is 0 Å². The first kappa shape index (κ1) is 8.19. The van der Waals surface area contributed by atoms with Crippen LogP contribution in [0.25, 0.3) is 11.0 Å². The molecule has 0 radical (unpaired) electrons. The molecule has 4 heteroatoms. The first-order valence-corrected chi connectivity index (χ1v) is 4.10. The van der Waals surface area contributed by atoms with Crippen molar-refractivity contribution in [2.45, 2.75) is 13.7 Å². The zero-order valence-electron chi connectivity index (χ0n) is 7.69. The van der Waals surface area contributed by atoms with Gasteiger partial charge in [0.05, 0.1) is 5.52 Å². The molecular formula is C9H11N3O. The maximum absolute atomic E-state index is 4.99. The molecule has 1 aromatic heterocycles. The average Bonchev–Trinajstić information content (AvgIpc) is 2.49. The van der Waals surface area contributed by atoms with Crippen molar-refractivity contribution in [3.63, 3.8) is 0 Å². The van der Waals surface area contributed by atoms with Crippen LogP contribution in [0.3, 0.4) is 0 Å². The van der Waals surface area contributed by atoms with Crippen LogP contribution in [0.1, 0.15) is 5.56 Å². The molecule has 2 rings (SSSR count). The number of ether oxygens (including phenoxy) is 1. The Kier molecular flexibility index (Phi) is 1.98. The lowest BCUT2D eigenvalue weighted by molar-refractivity contribution is 0.122. The second-order valence-corrected chi connectivity index (χ2v) is 3.00. The van der Waals surface area contributed by atoms with E-state index >= 15 is 0 Å². The average molecular weight is 177 g/mol. The molecule has 0 spiro atoms. The first-order valence-electron chi connectivity index (χ1n) is 4.10. The van der Waals surface area contributed by atoms with Crippen molar-refractivity contribution >= 4 is 11.0 Å². The largest absolute Gasteiger partial charge is 0.362 e. The molecule has 0 bridgehead atoms. The lowest BCUT2D eigenvalue weighted by Gasteiger charge is -1.99. The third-order valence-electron chi connectivity index (χ3n) is 1.92. The van der Waals surface area contributed by atoms with Crippen molar-refractivity contribution in [3.05, 3.63) is 23.8 Å². The lowest BCUT2D eigenvalue weighted by Crippen LogP contribution is -2.01. The van der Waals surface area contributed by atoms with Crippen LogP contribution < -0.4 is 0 Å². The van der Waals surface area contributed by atoms with Gasteiger partial charge in [-0.3, -0.25) is 0 Å². The third-order valence-corrected chi connectivity index (χ3v) is 1.92. The van der Waals surface area contributed by atoms with Crippen molar-refractivity contribution in [2.75, 3.05) is 7.11 Å². The molecule has 0 unspecified atom stereocenters. The van der Waals surface area contributed by atoms with E-state index in [1.807, 2.05) is 25.1 Å². The van der Waals surface area contributed by atoms with Gasteiger partial charge in [0, 0.05) is 7.11 Å². The fraction of sp³-hybridized carbons (Fsp3) is 0.333. The van der Waals surface area contributed by atoms with Gasteiger partial charge in [-0.25, -0.2) is 4.68 Å². The van der Waals surface area contributed by atoms with E-state index in [1.165, 1.54) is 5.56 Å². The Morgan fingerprint density at radius 3 is 3.08 bits per heavy atom. The molecule has 2 aromatic rings. The van der Waals surface area contributed by atoms with Crippen LogP contribution in [0.15, 0.2) is 18.2 Å². The van der Waals surface area contributed by atoms with Crippen molar-refractivity contribution in [1.29, 1.82) is 0 Å². The van der Waals surface area contributed by atoms with Gasteiger partial charge >= 0.3 is 0 Å². The summed E-state index contributed by atoms with van der Waals surface area (Å²) in [5.74, 6) is 0.